The molecule has 0 aromatic rings. The Bertz CT molecular complexity index is 252. The number of carbonyl (C=O) groups excluding carboxylic acids is 1. The Kier molecular flexibility index (Phi) is 4.80. The summed E-state index contributed by atoms with van der Waals surface area (Å²) in [5, 5.41) is 12.5. The summed E-state index contributed by atoms with van der Waals surface area (Å²) in [4.78, 5) is 14.1. The van der Waals surface area contributed by atoms with E-state index in [0.717, 1.165) is 51.9 Å². The number of likely N-dealkylation sites (tertiary alicyclic amines) is 1. The Morgan fingerprint density at radius 2 is 2.00 bits per heavy atom. The van der Waals surface area contributed by atoms with Crippen LogP contribution < -0.4 is 5.32 Å². The zero-order valence-electron chi connectivity index (χ0n) is 10.5. The lowest BCUT2D eigenvalue weighted by Crippen LogP contribution is -2.42. The molecule has 2 N–H and O–H groups in total. The summed E-state index contributed by atoms with van der Waals surface area (Å²) < 4.78 is 0. The average Bonchev–Trinajstić information content (AvgIpc) is 2.40. The number of hydrogen-bond donors (Lipinski definition) is 2. The van der Waals surface area contributed by atoms with Crippen molar-refractivity contribution in [3.05, 3.63) is 0 Å². The minimum absolute atomic E-state index is 0.219. The van der Waals surface area contributed by atoms with Crippen molar-refractivity contribution < 1.29 is 9.90 Å². The molecule has 4 heteroatoms. The molecule has 2 aliphatic rings. The fraction of sp³-hybridized carbons (Fsp3) is 0.923. The van der Waals surface area contributed by atoms with Crippen molar-refractivity contribution in [2.24, 2.45) is 11.8 Å². The van der Waals surface area contributed by atoms with E-state index in [-0.39, 0.29) is 6.61 Å². The van der Waals surface area contributed by atoms with Crippen LogP contribution in [0, 0.1) is 11.8 Å². The van der Waals surface area contributed by atoms with Crippen LogP contribution in [0.5, 0.6) is 0 Å². The molecule has 98 valence electrons. The topological polar surface area (TPSA) is 52.6 Å². The molecule has 0 saturated carbocycles. The highest BCUT2D eigenvalue weighted by molar-refractivity contribution is 5.76. The lowest BCUT2D eigenvalue weighted by Gasteiger charge is -2.33. The second-order valence-electron chi connectivity index (χ2n) is 5.43. The Morgan fingerprint density at radius 1 is 1.24 bits per heavy atom. The Morgan fingerprint density at radius 3 is 2.71 bits per heavy atom. The number of carbonyl (C=O) groups is 1. The second kappa shape index (κ2) is 6.36. The van der Waals surface area contributed by atoms with Crippen molar-refractivity contribution in [3.63, 3.8) is 0 Å². The lowest BCUT2D eigenvalue weighted by molar-refractivity contribution is -0.134. The quantitative estimate of drug-likeness (QED) is 0.760. The zero-order chi connectivity index (χ0) is 12.1. The largest absolute Gasteiger partial charge is 0.396 e. The van der Waals surface area contributed by atoms with E-state index in [9.17, 15) is 4.79 Å². The van der Waals surface area contributed by atoms with Gasteiger partial charge in [-0.1, -0.05) is 0 Å². The number of aliphatic hydroxyl groups is 1. The van der Waals surface area contributed by atoms with E-state index in [2.05, 4.69) is 5.32 Å². The number of nitrogens with one attached hydrogen (secondary N) is 1. The normalized spacial score (nSPS) is 27.1. The van der Waals surface area contributed by atoms with Crippen LogP contribution in [0.25, 0.3) is 0 Å². The highest BCUT2D eigenvalue weighted by Crippen LogP contribution is 2.21. The van der Waals surface area contributed by atoms with Gasteiger partial charge in [0.2, 0.25) is 5.91 Å². The average molecular weight is 240 g/mol. The van der Waals surface area contributed by atoms with Gasteiger partial charge in [-0.2, -0.15) is 0 Å². The van der Waals surface area contributed by atoms with E-state index in [1.807, 2.05) is 4.90 Å². The third-order valence-electron chi connectivity index (χ3n) is 4.05. The van der Waals surface area contributed by atoms with Gasteiger partial charge in [0.1, 0.15) is 0 Å². The van der Waals surface area contributed by atoms with Gasteiger partial charge in [-0.25, -0.2) is 0 Å². The van der Waals surface area contributed by atoms with Gasteiger partial charge in [-0.3, -0.25) is 4.79 Å². The first kappa shape index (κ1) is 12.8. The highest BCUT2D eigenvalue weighted by Gasteiger charge is 2.25. The summed E-state index contributed by atoms with van der Waals surface area (Å²) in [6.07, 6.45) is 5.07. The van der Waals surface area contributed by atoms with Crippen LogP contribution >= 0.6 is 0 Å². The number of nitrogens with zero attached hydrogens (tertiary/aromatic N) is 1. The standard InChI is InChI=1S/C13H24N2O2/c16-10-12-2-1-7-15(9-12)13(17)8-11-3-5-14-6-4-11/h11-12,14,16H,1-10H2. The fourth-order valence-electron chi connectivity index (χ4n) is 2.90. The molecule has 2 rings (SSSR count). The molecular weight excluding hydrogens is 216 g/mol. The molecule has 4 nitrogen and oxygen atoms in total. The van der Waals surface area contributed by atoms with E-state index in [1.54, 1.807) is 0 Å². The van der Waals surface area contributed by atoms with E-state index < -0.39 is 0 Å². The van der Waals surface area contributed by atoms with Crippen molar-refractivity contribution in [2.75, 3.05) is 32.8 Å². The Labute approximate surface area is 103 Å². The summed E-state index contributed by atoms with van der Waals surface area (Å²) in [5.41, 5.74) is 0. The van der Waals surface area contributed by atoms with Crippen molar-refractivity contribution >= 4 is 5.91 Å². The molecule has 2 aliphatic heterocycles. The second-order valence-corrected chi connectivity index (χ2v) is 5.43. The predicted octanol–water partition coefficient (Wildman–Crippen LogP) is 0.607. The Hall–Kier alpha value is -0.610. The molecule has 2 fully saturated rings. The lowest BCUT2D eigenvalue weighted by atomic mass is 9.93. The van der Waals surface area contributed by atoms with Crippen LogP contribution in [0.3, 0.4) is 0 Å². The number of aliphatic hydroxyl groups excluding tert-OH is 1. The zero-order valence-corrected chi connectivity index (χ0v) is 10.5. The molecule has 1 amide bonds. The van der Waals surface area contributed by atoms with Crippen LogP contribution in [0.2, 0.25) is 0 Å². The van der Waals surface area contributed by atoms with Gasteiger partial charge in [0.15, 0.2) is 0 Å². The maximum atomic E-state index is 12.2. The minimum Gasteiger partial charge on any atom is -0.396 e. The first-order valence-corrected chi connectivity index (χ1v) is 6.89. The van der Waals surface area contributed by atoms with E-state index in [4.69, 9.17) is 5.11 Å². The third kappa shape index (κ3) is 3.68. The smallest absolute Gasteiger partial charge is 0.222 e. The fourth-order valence-corrected chi connectivity index (χ4v) is 2.90. The van der Waals surface area contributed by atoms with Crippen LogP contribution in [0.15, 0.2) is 0 Å². The van der Waals surface area contributed by atoms with E-state index in [1.165, 1.54) is 0 Å². The first-order valence-electron chi connectivity index (χ1n) is 6.89. The molecule has 0 bridgehead atoms. The maximum Gasteiger partial charge on any atom is 0.222 e. The highest BCUT2D eigenvalue weighted by atomic mass is 16.3. The molecule has 0 aromatic carbocycles. The summed E-state index contributed by atoms with van der Waals surface area (Å²) in [7, 11) is 0. The summed E-state index contributed by atoms with van der Waals surface area (Å²) in [5.74, 6) is 1.18. The number of amides is 1. The molecule has 17 heavy (non-hydrogen) atoms. The maximum absolute atomic E-state index is 12.2. The van der Waals surface area contributed by atoms with Gasteiger partial charge in [0, 0.05) is 26.1 Å². The SMILES string of the molecule is O=C(CC1CCNCC1)N1CCCC(CO)C1. The minimum atomic E-state index is 0.219. The Balaban J connectivity index is 1.78. The van der Waals surface area contributed by atoms with Crippen molar-refractivity contribution in [3.8, 4) is 0 Å². The number of rotatable bonds is 3. The van der Waals surface area contributed by atoms with Crippen molar-refractivity contribution in [2.45, 2.75) is 32.1 Å². The molecule has 0 radical (unpaired) electrons. The molecular formula is C13H24N2O2. The predicted molar refractivity (Wildman–Crippen MR) is 66.6 cm³/mol. The van der Waals surface area contributed by atoms with Crippen LogP contribution in [-0.2, 0) is 4.79 Å². The van der Waals surface area contributed by atoms with Gasteiger partial charge >= 0.3 is 0 Å². The van der Waals surface area contributed by atoms with Crippen molar-refractivity contribution in [1.82, 2.24) is 10.2 Å². The number of hydrogen-bond acceptors (Lipinski definition) is 3. The molecule has 0 spiro atoms. The van der Waals surface area contributed by atoms with Gasteiger partial charge < -0.3 is 15.3 Å². The van der Waals surface area contributed by atoms with Gasteiger partial charge in [0.05, 0.1) is 0 Å². The van der Waals surface area contributed by atoms with Crippen LogP contribution in [0.4, 0.5) is 0 Å². The summed E-state index contributed by atoms with van der Waals surface area (Å²) in [6, 6.07) is 0. The molecule has 2 heterocycles. The molecule has 0 aliphatic carbocycles. The summed E-state index contributed by atoms with van der Waals surface area (Å²) in [6.45, 7) is 3.98. The van der Waals surface area contributed by atoms with E-state index in [0.29, 0.717) is 24.2 Å². The molecule has 2 saturated heterocycles. The van der Waals surface area contributed by atoms with E-state index >= 15 is 0 Å². The third-order valence-corrected chi connectivity index (χ3v) is 4.05. The molecule has 0 aromatic heterocycles. The van der Waals surface area contributed by atoms with Gasteiger partial charge in [0.25, 0.3) is 0 Å². The first-order chi connectivity index (χ1) is 8.29. The molecule has 1 atom stereocenters. The van der Waals surface area contributed by atoms with Crippen LogP contribution in [0.1, 0.15) is 32.1 Å². The molecule has 1 unspecified atom stereocenters. The van der Waals surface area contributed by atoms with Crippen LogP contribution in [-0.4, -0.2) is 48.7 Å². The van der Waals surface area contributed by atoms with Crippen molar-refractivity contribution in [1.29, 1.82) is 0 Å². The summed E-state index contributed by atoms with van der Waals surface area (Å²) >= 11 is 0. The van der Waals surface area contributed by atoms with Gasteiger partial charge in [-0.05, 0) is 50.6 Å². The van der Waals surface area contributed by atoms with Gasteiger partial charge in [-0.15, -0.1) is 0 Å². The monoisotopic (exact) mass is 240 g/mol. The number of piperidine rings is 2.